The van der Waals surface area contributed by atoms with E-state index in [1.807, 2.05) is 5.48 Å². The van der Waals surface area contributed by atoms with Gasteiger partial charge in [-0.1, -0.05) is 0 Å². The molecule has 10 heavy (non-hydrogen) atoms. The number of hydrogen-bond acceptors (Lipinski definition) is 4. The van der Waals surface area contributed by atoms with Gasteiger partial charge in [0.1, 0.15) is 12.0 Å². The van der Waals surface area contributed by atoms with E-state index in [9.17, 15) is 4.79 Å². The minimum absolute atomic E-state index is 0.218. The van der Waals surface area contributed by atoms with Gasteiger partial charge in [0.05, 0.1) is 0 Å². The van der Waals surface area contributed by atoms with Crippen LogP contribution in [0.2, 0.25) is 0 Å². The maximum Gasteiger partial charge on any atom is 0.343 e. The number of urea groups is 1. The predicted octanol–water partition coefficient (Wildman–Crippen LogP) is -1.24. The van der Waals surface area contributed by atoms with E-state index in [4.69, 9.17) is 10.9 Å². The molecule has 0 aromatic heterocycles. The zero-order valence-corrected chi connectivity index (χ0v) is 5.16. The molecule has 0 aromatic carbocycles. The second-order valence-corrected chi connectivity index (χ2v) is 1.94. The van der Waals surface area contributed by atoms with Crippen LogP contribution in [0.1, 0.15) is 6.42 Å². The Morgan fingerprint density at radius 1 is 1.90 bits per heavy atom. The predicted molar refractivity (Wildman–Crippen MR) is 33.5 cm³/mol. The molecule has 0 spiro atoms. The van der Waals surface area contributed by atoms with Crippen molar-refractivity contribution < 1.29 is 10.0 Å². The molecule has 6 nitrogen and oxygen atoms in total. The van der Waals surface area contributed by atoms with Crippen LogP contribution >= 0.6 is 0 Å². The highest BCUT2D eigenvalue weighted by Crippen LogP contribution is 1.94. The van der Waals surface area contributed by atoms with Crippen molar-refractivity contribution in [3.8, 4) is 0 Å². The number of nitrogens with one attached hydrogen (secondary N) is 2. The van der Waals surface area contributed by atoms with Crippen LogP contribution in [-0.2, 0) is 0 Å². The molecule has 1 aliphatic heterocycles. The number of nitrogens with two attached hydrogens (primary N) is 1. The zero-order valence-electron chi connectivity index (χ0n) is 5.16. The summed E-state index contributed by atoms with van der Waals surface area (Å²) in [5.74, 6) is 0.218. The number of rotatable bonds is 1. The lowest BCUT2D eigenvalue weighted by atomic mass is 10.3. The number of aliphatic imine (C=N–C) groups is 1. The Kier molecular flexibility index (Phi) is 1.83. The number of nitrogens with zero attached hydrogens (tertiary/aromatic N) is 1. The smallest absolute Gasteiger partial charge is 0.343 e. The van der Waals surface area contributed by atoms with Gasteiger partial charge in [-0.25, -0.2) is 4.79 Å². The van der Waals surface area contributed by atoms with Gasteiger partial charge in [-0.3, -0.25) is 0 Å². The van der Waals surface area contributed by atoms with E-state index in [0.29, 0.717) is 6.42 Å². The van der Waals surface area contributed by atoms with Gasteiger partial charge in [-0.2, -0.15) is 10.5 Å². The standard InChI is InChI=1S/C4H8N4O2/c5-2-1-3(8-10)7-4(9)6-2/h3,8,10H,1H2,(H3,5,6,7,9). The van der Waals surface area contributed by atoms with Gasteiger partial charge in [0.2, 0.25) is 0 Å². The van der Waals surface area contributed by atoms with Crippen molar-refractivity contribution in [3.63, 3.8) is 0 Å². The fraction of sp³-hybridized carbons (Fsp3) is 0.500. The number of amides is 2. The van der Waals surface area contributed by atoms with E-state index < -0.39 is 12.2 Å². The third kappa shape index (κ3) is 1.42. The van der Waals surface area contributed by atoms with Crippen LogP contribution in [0.15, 0.2) is 4.99 Å². The van der Waals surface area contributed by atoms with Crippen molar-refractivity contribution in [2.75, 3.05) is 0 Å². The first-order valence-electron chi connectivity index (χ1n) is 2.75. The summed E-state index contributed by atoms with van der Waals surface area (Å²) in [6, 6.07) is -0.532. The van der Waals surface area contributed by atoms with Crippen LogP contribution in [0.5, 0.6) is 0 Å². The molecule has 1 aliphatic rings. The SMILES string of the molecule is NC1=NC(=O)NC(NO)C1. The Bertz CT molecular complexity index is 178. The fourth-order valence-corrected chi connectivity index (χ4v) is 0.695. The lowest BCUT2D eigenvalue weighted by molar-refractivity contribution is 0.115. The Morgan fingerprint density at radius 3 is 3.10 bits per heavy atom. The van der Waals surface area contributed by atoms with E-state index in [-0.39, 0.29) is 5.84 Å². The highest BCUT2D eigenvalue weighted by molar-refractivity contribution is 5.95. The molecule has 1 atom stereocenters. The van der Waals surface area contributed by atoms with Gasteiger partial charge in [-0.15, -0.1) is 0 Å². The average molecular weight is 144 g/mol. The van der Waals surface area contributed by atoms with Crippen LogP contribution in [0.25, 0.3) is 0 Å². The first-order chi connectivity index (χ1) is 4.72. The zero-order chi connectivity index (χ0) is 7.56. The molecule has 0 radical (unpaired) electrons. The maximum atomic E-state index is 10.5. The molecule has 1 rings (SSSR count). The first-order valence-corrected chi connectivity index (χ1v) is 2.75. The molecule has 0 saturated carbocycles. The van der Waals surface area contributed by atoms with Gasteiger partial charge in [0.15, 0.2) is 0 Å². The molecule has 0 fully saturated rings. The minimum atomic E-state index is -0.532. The van der Waals surface area contributed by atoms with Crippen molar-refractivity contribution in [1.82, 2.24) is 10.8 Å². The number of carbonyl (C=O) groups is 1. The van der Waals surface area contributed by atoms with Gasteiger partial charge >= 0.3 is 6.03 Å². The Balaban J connectivity index is 2.60. The summed E-state index contributed by atoms with van der Waals surface area (Å²) >= 11 is 0. The summed E-state index contributed by atoms with van der Waals surface area (Å²) < 4.78 is 0. The number of hydroxylamine groups is 1. The molecular formula is C4H8N4O2. The Labute approximate surface area is 57.1 Å². The van der Waals surface area contributed by atoms with Crippen LogP contribution in [0.3, 0.4) is 0 Å². The highest BCUT2D eigenvalue weighted by atomic mass is 16.5. The second kappa shape index (κ2) is 2.63. The van der Waals surface area contributed by atoms with Crippen molar-refractivity contribution in [2.24, 2.45) is 10.7 Å². The molecule has 0 aliphatic carbocycles. The quantitative estimate of drug-likeness (QED) is 0.346. The van der Waals surface area contributed by atoms with Crippen LogP contribution in [0.4, 0.5) is 4.79 Å². The van der Waals surface area contributed by atoms with Crippen LogP contribution in [0, 0.1) is 0 Å². The minimum Gasteiger partial charge on any atom is -0.387 e. The van der Waals surface area contributed by atoms with Crippen molar-refractivity contribution in [3.05, 3.63) is 0 Å². The van der Waals surface area contributed by atoms with Gasteiger partial charge in [0, 0.05) is 6.42 Å². The summed E-state index contributed by atoms with van der Waals surface area (Å²) in [5.41, 5.74) is 7.10. The summed E-state index contributed by atoms with van der Waals surface area (Å²) in [4.78, 5) is 13.9. The Hall–Kier alpha value is -1.14. The summed E-state index contributed by atoms with van der Waals surface area (Å²) in [7, 11) is 0. The molecular weight excluding hydrogens is 136 g/mol. The van der Waals surface area contributed by atoms with Gasteiger partial charge in [0.25, 0.3) is 0 Å². The molecule has 56 valence electrons. The van der Waals surface area contributed by atoms with Crippen LogP contribution < -0.4 is 16.5 Å². The van der Waals surface area contributed by atoms with E-state index in [2.05, 4.69) is 10.3 Å². The normalized spacial score (nSPS) is 25.5. The Morgan fingerprint density at radius 2 is 2.60 bits per heavy atom. The van der Waals surface area contributed by atoms with E-state index >= 15 is 0 Å². The lowest BCUT2D eigenvalue weighted by Gasteiger charge is -2.18. The molecule has 1 heterocycles. The topological polar surface area (TPSA) is 99.7 Å². The van der Waals surface area contributed by atoms with Gasteiger partial charge in [-0.05, 0) is 0 Å². The molecule has 0 saturated heterocycles. The first kappa shape index (κ1) is 6.97. The average Bonchev–Trinajstić information content (AvgIpc) is 1.85. The maximum absolute atomic E-state index is 10.5. The number of amidine groups is 1. The van der Waals surface area contributed by atoms with Crippen molar-refractivity contribution in [2.45, 2.75) is 12.6 Å². The molecule has 0 aromatic rings. The third-order valence-electron chi connectivity index (χ3n) is 1.11. The highest BCUT2D eigenvalue weighted by Gasteiger charge is 2.17. The van der Waals surface area contributed by atoms with Gasteiger partial charge < -0.3 is 16.3 Å². The second-order valence-electron chi connectivity index (χ2n) is 1.94. The molecule has 2 amide bonds. The van der Waals surface area contributed by atoms with E-state index in [1.54, 1.807) is 0 Å². The van der Waals surface area contributed by atoms with E-state index in [1.165, 1.54) is 0 Å². The monoisotopic (exact) mass is 144 g/mol. The largest absolute Gasteiger partial charge is 0.387 e. The number of hydrogen-bond donors (Lipinski definition) is 4. The molecule has 1 unspecified atom stereocenters. The fourth-order valence-electron chi connectivity index (χ4n) is 0.695. The molecule has 0 bridgehead atoms. The summed E-state index contributed by atoms with van der Waals surface area (Å²) in [5, 5.41) is 10.7. The summed E-state index contributed by atoms with van der Waals surface area (Å²) in [6.07, 6.45) is -0.188. The van der Waals surface area contributed by atoms with E-state index in [0.717, 1.165) is 0 Å². The molecule has 5 N–H and O–H groups in total. The van der Waals surface area contributed by atoms with Crippen molar-refractivity contribution in [1.29, 1.82) is 0 Å². The number of carbonyl (C=O) groups excluding carboxylic acids is 1. The third-order valence-corrected chi connectivity index (χ3v) is 1.11. The van der Waals surface area contributed by atoms with Crippen LogP contribution in [-0.4, -0.2) is 23.2 Å². The summed E-state index contributed by atoms with van der Waals surface area (Å²) in [6.45, 7) is 0. The van der Waals surface area contributed by atoms with Crippen molar-refractivity contribution >= 4 is 11.9 Å². The lowest BCUT2D eigenvalue weighted by Crippen LogP contribution is -2.49. The molecule has 6 heteroatoms.